The number of carbonyl (C=O) groups excluding carboxylic acids is 1. The molecule has 0 spiro atoms. The van der Waals surface area contributed by atoms with Crippen LogP contribution in [0.25, 0.3) is 0 Å². The molecule has 3 rings (SSSR count). The second-order valence-corrected chi connectivity index (χ2v) is 8.65. The number of benzene rings is 1. The lowest BCUT2D eigenvalue weighted by molar-refractivity contribution is 0.0702. The quantitative estimate of drug-likeness (QED) is 0.841. The van der Waals surface area contributed by atoms with Gasteiger partial charge in [0.15, 0.2) is 9.84 Å². The van der Waals surface area contributed by atoms with E-state index < -0.39 is 9.84 Å². The minimum absolute atomic E-state index is 0.0402. The Hall–Kier alpha value is -2.41. The van der Waals surface area contributed by atoms with Crippen LogP contribution in [0, 0.1) is 0 Å². The molecule has 0 aliphatic carbocycles. The van der Waals surface area contributed by atoms with E-state index in [1.165, 1.54) is 0 Å². The Kier molecular flexibility index (Phi) is 5.56. The van der Waals surface area contributed by atoms with E-state index in [1.807, 2.05) is 43.3 Å². The Bertz CT molecular complexity index is 869. The van der Waals surface area contributed by atoms with Gasteiger partial charge in [0.25, 0.3) is 5.91 Å². The number of amides is 1. The van der Waals surface area contributed by atoms with Gasteiger partial charge in [0.2, 0.25) is 0 Å². The van der Waals surface area contributed by atoms with Gasteiger partial charge in [0.05, 0.1) is 11.5 Å². The molecule has 1 saturated heterocycles. The Morgan fingerprint density at radius 3 is 2.69 bits per heavy atom. The third-order valence-corrected chi connectivity index (χ3v) is 6.32. The fraction of sp³-hybridized carbons (Fsp3) is 0.368. The Morgan fingerprint density at radius 2 is 2.04 bits per heavy atom. The van der Waals surface area contributed by atoms with Crippen LogP contribution in [0.3, 0.4) is 0 Å². The molecule has 1 amide bonds. The number of aromatic nitrogens is 1. The first-order chi connectivity index (χ1) is 12.5. The lowest BCUT2D eigenvalue weighted by Gasteiger charge is -2.26. The maximum atomic E-state index is 12.8. The zero-order chi connectivity index (χ0) is 18.6. The summed E-state index contributed by atoms with van der Waals surface area (Å²) in [5.41, 5.74) is 2.28. The molecule has 1 aromatic carbocycles. The molecule has 0 saturated carbocycles. The van der Waals surface area contributed by atoms with Crippen molar-refractivity contribution in [3.05, 3.63) is 59.9 Å². The summed E-state index contributed by atoms with van der Waals surface area (Å²) < 4.78 is 23.5. The molecule has 26 heavy (non-hydrogen) atoms. The van der Waals surface area contributed by atoms with E-state index in [0.717, 1.165) is 11.3 Å². The number of carbonyl (C=O) groups is 1. The van der Waals surface area contributed by atoms with Crippen LogP contribution in [-0.4, -0.2) is 48.3 Å². The topological polar surface area (TPSA) is 79.4 Å². The number of anilines is 1. The molecular weight excluding hydrogens is 350 g/mol. The fourth-order valence-corrected chi connectivity index (χ4v) is 4.92. The molecule has 1 unspecified atom stereocenters. The third kappa shape index (κ3) is 4.40. The smallest absolute Gasteiger partial charge is 0.272 e. The van der Waals surface area contributed by atoms with Crippen molar-refractivity contribution in [3.63, 3.8) is 0 Å². The first-order valence-corrected chi connectivity index (χ1v) is 10.6. The van der Waals surface area contributed by atoms with Crippen molar-refractivity contribution < 1.29 is 13.2 Å². The van der Waals surface area contributed by atoms with Crippen LogP contribution >= 0.6 is 0 Å². The molecule has 0 radical (unpaired) electrons. The van der Waals surface area contributed by atoms with E-state index in [2.05, 4.69) is 10.3 Å². The van der Waals surface area contributed by atoms with E-state index in [1.54, 1.807) is 17.2 Å². The highest BCUT2D eigenvalue weighted by Gasteiger charge is 2.34. The Balaban J connectivity index is 1.71. The largest absolute Gasteiger partial charge is 0.381 e. The van der Waals surface area contributed by atoms with Gasteiger partial charge in [-0.3, -0.25) is 9.78 Å². The molecule has 1 aliphatic rings. The van der Waals surface area contributed by atoms with Crippen molar-refractivity contribution in [2.24, 2.45) is 0 Å². The van der Waals surface area contributed by atoms with Gasteiger partial charge >= 0.3 is 0 Å². The average molecular weight is 373 g/mol. The highest BCUT2D eigenvalue weighted by atomic mass is 32.2. The second-order valence-electron chi connectivity index (χ2n) is 6.42. The normalized spacial score (nSPS) is 18.4. The minimum atomic E-state index is -3.04. The summed E-state index contributed by atoms with van der Waals surface area (Å²) in [4.78, 5) is 18.7. The second kappa shape index (κ2) is 7.86. The number of nitrogens with one attached hydrogen (secondary N) is 1. The van der Waals surface area contributed by atoms with Gasteiger partial charge in [-0.15, -0.1) is 0 Å². The van der Waals surface area contributed by atoms with E-state index in [-0.39, 0.29) is 23.5 Å². The monoisotopic (exact) mass is 373 g/mol. The number of hydrogen-bond acceptors (Lipinski definition) is 5. The van der Waals surface area contributed by atoms with E-state index >= 15 is 0 Å². The maximum Gasteiger partial charge on any atom is 0.272 e. The van der Waals surface area contributed by atoms with E-state index in [4.69, 9.17) is 0 Å². The number of rotatable bonds is 6. The Morgan fingerprint density at radius 1 is 1.27 bits per heavy atom. The molecule has 0 bridgehead atoms. The molecular formula is C19H23N3O3S. The zero-order valence-corrected chi connectivity index (χ0v) is 15.6. The molecule has 7 heteroatoms. The lowest BCUT2D eigenvalue weighted by Crippen LogP contribution is -2.41. The number of hydrogen-bond donors (Lipinski definition) is 1. The van der Waals surface area contributed by atoms with Crippen LogP contribution in [0.15, 0.2) is 48.7 Å². The first-order valence-electron chi connectivity index (χ1n) is 8.74. The number of pyridine rings is 1. The summed E-state index contributed by atoms with van der Waals surface area (Å²) in [6, 6.07) is 13.3. The predicted octanol–water partition coefficient (Wildman–Crippen LogP) is 2.34. The molecule has 1 N–H and O–H groups in total. The third-order valence-electron chi connectivity index (χ3n) is 4.57. The Labute approximate surface area is 154 Å². The average Bonchev–Trinajstić information content (AvgIpc) is 3.01. The first kappa shape index (κ1) is 18.4. The maximum absolute atomic E-state index is 12.8. The van der Waals surface area contributed by atoms with E-state index in [9.17, 15) is 13.2 Å². The molecule has 138 valence electrons. The van der Waals surface area contributed by atoms with Crippen LogP contribution in [0.2, 0.25) is 0 Å². The zero-order valence-electron chi connectivity index (χ0n) is 14.8. The van der Waals surface area contributed by atoms with Crippen molar-refractivity contribution in [2.45, 2.75) is 25.9 Å². The number of sulfone groups is 1. The molecule has 2 aromatic rings. The van der Waals surface area contributed by atoms with Crippen molar-refractivity contribution in [2.75, 3.05) is 23.4 Å². The summed E-state index contributed by atoms with van der Waals surface area (Å²) in [5.74, 6) is -0.0375. The van der Waals surface area contributed by atoms with Gasteiger partial charge in [0, 0.05) is 31.0 Å². The highest BCUT2D eigenvalue weighted by Crippen LogP contribution is 2.20. The van der Waals surface area contributed by atoms with E-state index in [0.29, 0.717) is 25.2 Å². The van der Waals surface area contributed by atoms with Gasteiger partial charge < -0.3 is 10.2 Å². The fourth-order valence-electron chi connectivity index (χ4n) is 3.19. The number of nitrogens with zero attached hydrogens (tertiary/aromatic N) is 2. The summed E-state index contributed by atoms with van der Waals surface area (Å²) >= 11 is 0. The van der Waals surface area contributed by atoms with Crippen LogP contribution in [0.1, 0.15) is 29.4 Å². The SMILES string of the molecule is CCN(C(=O)c1cc(NCc2ccccc2)ccn1)C1CCS(=O)(=O)C1. The van der Waals surface area contributed by atoms with Gasteiger partial charge in [-0.05, 0) is 31.0 Å². The summed E-state index contributed by atoms with van der Waals surface area (Å²) in [6.07, 6.45) is 2.09. The van der Waals surface area contributed by atoms with Crippen LogP contribution < -0.4 is 5.32 Å². The van der Waals surface area contributed by atoms with Crippen LogP contribution in [0.5, 0.6) is 0 Å². The van der Waals surface area contributed by atoms with Gasteiger partial charge in [0.1, 0.15) is 5.69 Å². The molecule has 1 atom stereocenters. The van der Waals surface area contributed by atoms with Gasteiger partial charge in [-0.25, -0.2) is 8.42 Å². The standard InChI is InChI=1S/C19H23N3O3S/c1-2-22(17-9-11-26(24,25)14-17)19(23)18-12-16(8-10-20-18)21-13-15-6-4-3-5-7-15/h3-8,10,12,17H,2,9,11,13-14H2,1H3,(H,20,21). The van der Waals surface area contributed by atoms with Gasteiger partial charge in [-0.1, -0.05) is 30.3 Å². The molecule has 1 aliphatic heterocycles. The van der Waals surface area contributed by atoms with Crippen molar-refractivity contribution in [3.8, 4) is 0 Å². The highest BCUT2D eigenvalue weighted by molar-refractivity contribution is 7.91. The summed E-state index contributed by atoms with van der Waals surface area (Å²) in [6.45, 7) is 2.97. The summed E-state index contributed by atoms with van der Waals surface area (Å²) in [7, 11) is -3.04. The minimum Gasteiger partial charge on any atom is -0.381 e. The predicted molar refractivity (Wildman–Crippen MR) is 102 cm³/mol. The molecule has 1 aromatic heterocycles. The van der Waals surface area contributed by atoms with Crippen molar-refractivity contribution in [1.29, 1.82) is 0 Å². The molecule has 1 fully saturated rings. The molecule has 6 nitrogen and oxygen atoms in total. The van der Waals surface area contributed by atoms with Crippen molar-refractivity contribution in [1.82, 2.24) is 9.88 Å². The van der Waals surface area contributed by atoms with Crippen molar-refractivity contribution >= 4 is 21.4 Å². The van der Waals surface area contributed by atoms with Crippen LogP contribution in [0.4, 0.5) is 5.69 Å². The molecule has 2 heterocycles. The van der Waals surface area contributed by atoms with Crippen LogP contribution in [-0.2, 0) is 16.4 Å². The summed E-state index contributed by atoms with van der Waals surface area (Å²) in [5, 5.41) is 3.29. The lowest BCUT2D eigenvalue weighted by atomic mass is 10.2. The van der Waals surface area contributed by atoms with Gasteiger partial charge in [-0.2, -0.15) is 0 Å².